The van der Waals surface area contributed by atoms with Gasteiger partial charge in [-0.1, -0.05) is 33.8 Å². The van der Waals surface area contributed by atoms with Crippen molar-refractivity contribution in [1.29, 1.82) is 0 Å². The van der Waals surface area contributed by atoms with Crippen LogP contribution in [0.2, 0.25) is 0 Å². The molecule has 0 aliphatic carbocycles. The highest BCUT2D eigenvalue weighted by Crippen LogP contribution is 2.24. The zero-order valence-electron chi connectivity index (χ0n) is 22.3. The Morgan fingerprint density at radius 3 is 2.51 bits per heavy atom. The number of nitrogens with one attached hydrogen (secondary N) is 2. The van der Waals surface area contributed by atoms with Gasteiger partial charge in [-0.15, -0.1) is 0 Å². The highest BCUT2D eigenvalue weighted by Gasteiger charge is 2.27. The zero-order chi connectivity index (χ0) is 25.7. The predicted octanol–water partition coefficient (Wildman–Crippen LogP) is 4.04. The summed E-state index contributed by atoms with van der Waals surface area (Å²) >= 11 is 0. The van der Waals surface area contributed by atoms with E-state index in [2.05, 4.69) is 60.1 Å². The highest BCUT2D eigenvalue weighted by molar-refractivity contribution is 5.94. The normalized spacial score (nSPS) is 17.1. The smallest absolute Gasteiger partial charge is 0.248 e. The molecule has 1 unspecified atom stereocenters. The van der Waals surface area contributed by atoms with Crippen molar-refractivity contribution in [2.45, 2.75) is 66.5 Å². The molecular weight excluding hydrogens is 440 g/mol. The molecule has 1 saturated heterocycles. The standard InChI is InChI=1S/C26H42N8O/c1-16(2)12-19(6)34-11-10-21(15-34)28-24-30-25(32-26(31-24)33(7)14-17(3)4)29-22-13-20(23(27)35)9-8-18(22)5/h8-9,13,16-17,19,21H,10-12,14-15H2,1-7H3,(H2,27,35)(H2,28,29,30,31,32)/t19?,21-/m0/s1. The minimum Gasteiger partial charge on any atom is -0.366 e. The van der Waals surface area contributed by atoms with Crippen LogP contribution in [0.1, 0.15) is 63.4 Å². The average Bonchev–Trinajstić information content (AvgIpc) is 3.22. The number of hydrogen-bond donors (Lipinski definition) is 3. The van der Waals surface area contributed by atoms with E-state index < -0.39 is 5.91 Å². The van der Waals surface area contributed by atoms with Crippen molar-refractivity contribution >= 4 is 29.4 Å². The van der Waals surface area contributed by atoms with Gasteiger partial charge in [-0.25, -0.2) is 0 Å². The number of rotatable bonds is 11. The molecular formula is C26H42N8O. The number of benzene rings is 1. The van der Waals surface area contributed by atoms with Crippen LogP contribution in [0.4, 0.5) is 23.5 Å². The lowest BCUT2D eigenvalue weighted by atomic mass is 10.0. The van der Waals surface area contributed by atoms with Gasteiger partial charge < -0.3 is 21.3 Å². The number of likely N-dealkylation sites (tertiary alicyclic amines) is 1. The number of aromatic nitrogens is 3. The Morgan fingerprint density at radius 2 is 1.86 bits per heavy atom. The molecule has 2 heterocycles. The van der Waals surface area contributed by atoms with Crippen LogP contribution in [0.25, 0.3) is 0 Å². The summed E-state index contributed by atoms with van der Waals surface area (Å²) < 4.78 is 0. The second kappa shape index (κ2) is 11.7. The molecule has 1 aliphatic rings. The maximum Gasteiger partial charge on any atom is 0.248 e. The van der Waals surface area contributed by atoms with Gasteiger partial charge >= 0.3 is 0 Å². The van der Waals surface area contributed by atoms with Gasteiger partial charge in [-0.05, 0) is 56.2 Å². The summed E-state index contributed by atoms with van der Waals surface area (Å²) in [7, 11) is 1.99. The fourth-order valence-corrected chi connectivity index (χ4v) is 4.64. The summed E-state index contributed by atoms with van der Waals surface area (Å²) in [6.07, 6.45) is 2.24. The van der Waals surface area contributed by atoms with E-state index in [4.69, 9.17) is 10.7 Å². The molecule has 1 fully saturated rings. The second-order valence-electron chi connectivity index (χ2n) is 10.7. The van der Waals surface area contributed by atoms with Gasteiger partial charge in [0.15, 0.2) is 0 Å². The lowest BCUT2D eigenvalue weighted by molar-refractivity contribution is 0.100. The van der Waals surface area contributed by atoms with Crippen LogP contribution in [0, 0.1) is 18.8 Å². The molecule has 35 heavy (non-hydrogen) atoms. The molecule has 9 nitrogen and oxygen atoms in total. The van der Waals surface area contributed by atoms with Crippen LogP contribution in [-0.4, -0.2) is 64.5 Å². The van der Waals surface area contributed by atoms with Crippen LogP contribution < -0.4 is 21.3 Å². The molecule has 0 radical (unpaired) electrons. The van der Waals surface area contributed by atoms with Crippen molar-refractivity contribution in [3.63, 3.8) is 0 Å². The topological polar surface area (TPSA) is 112 Å². The number of hydrogen-bond acceptors (Lipinski definition) is 8. The van der Waals surface area contributed by atoms with Crippen LogP contribution in [0.5, 0.6) is 0 Å². The molecule has 2 aromatic rings. The monoisotopic (exact) mass is 482 g/mol. The lowest BCUT2D eigenvalue weighted by Crippen LogP contribution is -2.34. The molecule has 9 heteroatoms. The Labute approximate surface area is 209 Å². The first-order valence-electron chi connectivity index (χ1n) is 12.7. The van der Waals surface area contributed by atoms with Gasteiger partial charge in [0.2, 0.25) is 23.8 Å². The fourth-order valence-electron chi connectivity index (χ4n) is 4.64. The minimum absolute atomic E-state index is 0.281. The van der Waals surface area contributed by atoms with Crippen molar-refractivity contribution in [1.82, 2.24) is 19.9 Å². The zero-order valence-corrected chi connectivity index (χ0v) is 22.3. The molecule has 3 rings (SSSR count). The predicted molar refractivity (Wildman–Crippen MR) is 143 cm³/mol. The maximum absolute atomic E-state index is 11.7. The SMILES string of the molecule is Cc1ccc(C(N)=O)cc1Nc1nc(N[C@H]2CCN(C(C)CC(C)C)C2)nc(N(C)CC(C)C)n1. The number of carbonyl (C=O) groups excluding carboxylic acids is 1. The Kier molecular flexibility index (Phi) is 8.88. The number of nitrogens with two attached hydrogens (primary N) is 1. The van der Waals surface area contributed by atoms with Crippen molar-refractivity contribution in [2.24, 2.45) is 17.6 Å². The van der Waals surface area contributed by atoms with E-state index >= 15 is 0 Å². The van der Waals surface area contributed by atoms with Gasteiger partial charge in [0.1, 0.15) is 0 Å². The number of primary amides is 1. The number of anilines is 4. The Morgan fingerprint density at radius 1 is 1.14 bits per heavy atom. The Balaban J connectivity index is 1.83. The molecule has 0 spiro atoms. The molecule has 4 N–H and O–H groups in total. The molecule has 0 bridgehead atoms. The fraction of sp³-hybridized carbons (Fsp3) is 0.615. The molecule has 192 valence electrons. The first-order valence-corrected chi connectivity index (χ1v) is 12.7. The Hall–Kier alpha value is -2.94. The third-order valence-electron chi connectivity index (χ3n) is 6.36. The lowest BCUT2D eigenvalue weighted by Gasteiger charge is -2.26. The average molecular weight is 483 g/mol. The van der Waals surface area contributed by atoms with E-state index in [0.29, 0.717) is 41.3 Å². The van der Waals surface area contributed by atoms with E-state index in [9.17, 15) is 4.79 Å². The van der Waals surface area contributed by atoms with Gasteiger partial charge in [0.25, 0.3) is 0 Å². The molecule has 1 amide bonds. The van der Waals surface area contributed by atoms with E-state index in [1.807, 2.05) is 24.9 Å². The van der Waals surface area contributed by atoms with Gasteiger partial charge in [0.05, 0.1) is 0 Å². The Bertz CT molecular complexity index is 1010. The summed E-state index contributed by atoms with van der Waals surface area (Å²) in [5.41, 5.74) is 7.62. The van der Waals surface area contributed by atoms with Crippen LogP contribution >= 0.6 is 0 Å². The van der Waals surface area contributed by atoms with Crippen LogP contribution in [-0.2, 0) is 0 Å². The molecule has 1 aliphatic heterocycles. The molecule has 2 atom stereocenters. The van der Waals surface area contributed by atoms with Gasteiger partial charge in [-0.2, -0.15) is 15.0 Å². The first-order chi connectivity index (χ1) is 16.5. The summed E-state index contributed by atoms with van der Waals surface area (Å²) in [6.45, 7) is 16.0. The van der Waals surface area contributed by atoms with Gasteiger partial charge in [-0.3, -0.25) is 9.69 Å². The largest absolute Gasteiger partial charge is 0.366 e. The van der Waals surface area contributed by atoms with E-state index in [-0.39, 0.29) is 6.04 Å². The quantitative estimate of drug-likeness (QED) is 0.440. The summed E-state index contributed by atoms with van der Waals surface area (Å²) in [6, 6.07) is 6.16. The van der Waals surface area contributed by atoms with Crippen LogP contribution in [0.3, 0.4) is 0 Å². The second-order valence-corrected chi connectivity index (χ2v) is 10.7. The number of nitrogens with zero attached hydrogens (tertiary/aromatic N) is 5. The molecule has 1 aromatic heterocycles. The van der Waals surface area contributed by atoms with Crippen LogP contribution in [0.15, 0.2) is 18.2 Å². The van der Waals surface area contributed by atoms with Gasteiger partial charge in [0, 0.05) is 50.0 Å². The summed E-state index contributed by atoms with van der Waals surface area (Å²) in [4.78, 5) is 30.4. The number of carbonyl (C=O) groups is 1. The number of aryl methyl sites for hydroxylation is 1. The van der Waals surface area contributed by atoms with Crippen molar-refractivity contribution < 1.29 is 4.79 Å². The highest BCUT2D eigenvalue weighted by atomic mass is 16.1. The van der Waals surface area contributed by atoms with E-state index in [0.717, 1.165) is 37.3 Å². The van der Waals surface area contributed by atoms with Crippen molar-refractivity contribution in [3.05, 3.63) is 29.3 Å². The number of amides is 1. The summed E-state index contributed by atoms with van der Waals surface area (Å²) in [5.74, 6) is 2.27. The molecule has 0 saturated carbocycles. The van der Waals surface area contributed by atoms with E-state index in [1.54, 1.807) is 12.1 Å². The molecule has 1 aromatic carbocycles. The van der Waals surface area contributed by atoms with E-state index in [1.165, 1.54) is 6.42 Å². The van der Waals surface area contributed by atoms with Crippen molar-refractivity contribution in [2.75, 3.05) is 42.2 Å². The third kappa shape index (κ3) is 7.52. The minimum atomic E-state index is -0.471. The third-order valence-corrected chi connectivity index (χ3v) is 6.36. The first kappa shape index (κ1) is 26.7. The van der Waals surface area contributed by atoms with Crippen molar-refractivity contribution in [3.8, 4) is 0 Å². The summed E-state index contributed by atoms with van der Waals surface area (Å²) in [5, 5.41) is 6.84. The maximum atomic E-state index is 11.7.